The predicted molar refractivity (Wildman–Crippen MR) is 94.5 cm³/mol. The summed E-state index contributed by atoms with van der Waals surface area (Å²) < 4.78 is 41.3. The third-order valence-corrected chi connectivity index (χ3v) is 5.63. The zero-order valence-corrected chi connectivity index (χ0v) is 14.8. The number of alkyl halides is 3. The molecule has 1 fully saturated rings. The van der Waals surface area contributed by atoms with Crippen LogP contribution >= 0.6 is 0 Å². The van der Waals surface area contributed by atoms with Gasteiger partial charge in [-0.1, -0.05) is 36.4 Å². The molecule has 0 radical (unpaired) electrons. The fraction of sp³-hybridized carbons (Fsp3) is 0.381. The Morgan fingerprint density at radius 2 is 1.74 bits per heavy atom. The zero-order valence-electron chi connectivity index (χ0n) is 14.8. The van der Waals surface area contributed by atoms with Gasteiger partial charge in [0.2, 0.25) is 0 Å². The summed E-state index contributed by atoms with van der Waals surface area (Å²) >= 11 is 0. The van der Waals surface area contributed by atoms with Gasteiger partial charge in [-0.05, 0) is 55.6 Å². The quantitative estimate of drug-likeness (QED) is 0.785. The molecule has 1 aliphatic heterocycles. The van der Waals surface area contributed by atoms with Crippen molar-refractivity contribution in [3.63, 3.8) is 0 Å². The van der Waals surface area contributed by atoms with E-state index in [0.717, 1.165) is 38.0 Å². The summed E-state index contributed by atoms with van der Waals surface area (Å²) in [7, 11) is 0. The largest absolute Gasteiger partial charge is 0.573 e. The minimum atomic E-state index is -4.75. The van der Waals surface area contributed by atoms with E-state index < -0.39 is 11.8 Å². The van der Waals surface area contributed by atoms with Crippen LogP contribution in [0.25, 0.3) is 0 Å². The first-order valence-corrected chi connectivity index (χ1v) is 9.04. The van der Waals surface area contributed by atoms with E-state index >= 15 is 0 Å². The lowest BCUT2D eigenvalue weighted by Crippen LogP contribution is -2.42. The van der Waals surface area contributed by atoms with E-state index in [-0.39, 0.29) is 11.5 Å². The smallest absolute Gasteiger partial charge is 0.406 e. The molecule has 0 aromatic heterocycles. The Balaban J connectivity index is 1.45. The van der Waals surface area contributed by atoms with Crippen molar-refractivity contribution in [2.24, 2.45) is 5.41 Å². The van der Waals surface area contributed by atoms with Crippen molar-refractivity contribution < 1.29 is 22.7 Å². The molecule has 142 valence electrons. The highest BCUT2D eigenvalue weighted by atomic mass is 19.4. The topological polar surface area (TPSA) is 29.5 Å². The van der Waals surface area contributed by atoms with Crippen LogP contribution in [0.3, 0.4) is 0 Å². The number of piperidine rings is 1. The Morgan fingerprint density at radius 1 is 1.04 bits per heavy atom. The van der Waals surface area contributed by atoms with Gasteiger partial charge in [0.15, 0.2) is 5.78 Å². The van der Waals surface area contributed by atoms with Gasteiger partial charge in [-0.3, -0.25) is 9.69 Å². The van der Waals surface area contributed by atoms with Crippen LogP contribution < -0.4 is 4.74 Å². The number of nitrogens with zero attached hydrogens (tertiary/aromatic N) is 1. The van der Waals surface area contributed by atoms with Gasteiger partial charge in [-0.15, -0.1) is 13.2 Å². The number of ether oxygens (including phenoxy) is 1. The molecule has 1 spiro atoms. The molecule has 0 unspecified atom stereocenters. The fourth-order valence-corrected chi connectivity index (χ4v) is 4.23. The lowest BCUT2D eigenvalue weighted by molar-refractivity contribution is -0.274. The van der Waals surface area contributed by atoms with Crippen LogP contribution in [0, 0.1) is 5.41 Å². The highest BCUT2D eigenvalue weighted by molar-refractivity contribution is 6.05. The Hall–Kier alpha value is -2.34. The van der Waals surface area contributed by atoms with Gasteiger partial charge in [0.1, 0.15) is 5.75 Å². The molecule has 1 aliphatic carbocycles. The van der Waals surface area contributed by atoms with Crippen molar-refractivity contribution >= 4 is 5.78 Å². The maximum atomic E-state index is 13.0. The molecular weight excluding hydrogens is 355 g/mol. The number of ketones is 1. The number of benzene rings is 2. The number of fused-ring (bicyclic) bond motifs is 1. The lowest BCUT2D eigenvalue weighted by Gasteiger charge is -2.38. The predicted octanol–water partition coefficient (Wildman–Crippen LogP) is 4.61. The number of hydrogen-bond acceptors (Lipinski definition) is 3. The summed E-state index contributed by atoms with van der Waals surface area (Å²) in [5.74, 6) is -0.363. The molecule has 3 nitrogen and oxygen atoms in total. The standard InChI is InChI=1S/C21H20F3NO2/c22-21(23,24)27-17-7-6-16-13-20(19(26)18(16)12-17)8-10-25(11-9-20)14-15-4-2-1-3-5-15/h1-7,12H,8-11,13-14H2. The van der Waals surface area contributed by atoms with E-state index in [4.69, 9.17) is 0 Å². The number of Topliss-reactive ketones (excluding diaryl/α,β-unsaturated/α-hetero) is 1. The van der Waals surface area contributed by atoms with Gasteiger partial charge in [-0.25, -0.2) is 0 Å². The Kier molecular flexibility index (Phi) is 4.46. The van der Waals surface area contributed by atoms with E-state index in [1.807, 2.05) is 18.2 Å². The minimum Gasteiger partial charge on any atom is -0.406 e. The molecule has 0 saturated carbocycles. The van der Waals surface area contributed by atoms with Crippen molar-refractivity contribution in [3.8, 4) is 5.75 Å². The van der Waals surface area contributed by atoms with Crippen molar-refractivity contribution in [2.75, 3.05) is 13.1 Å². The van der Waals surface area contributed by atoms with Crippen LogP contribution in [0.1, 0.15) is 34.3 Å². The summed E-state index contributed by atoms with van der Waals surface area (Å²) in [5.41, 5.74) is 1.97. The molecule has 2 aliphatic rings. The Bertz CT molecular complexity index is 840. The number of rotatable bonds is 3. The number of carbonyl (C=O) groups excluding carboxylic acids is 1. The van der Waals surface area contributed by atoms with Gasteiger partial charge in [0.05, 0.1) is 0 Å². The van der Waals surface area contributed by atoms with Crippen LogP contribution in [-0.4, -0.2) is 30.1 Å². The van der Waals surface area contributed by atoms with Crippen LogP contribution in [0.2, 0.25) is 0 Å². The first-order chi connectivity index (χ1) is 12.8. The lowest BCUT2D eigenvalue weighted by atomic mass is 9.75. The first-order valence-electron chi connectivity index (χ1n) is 9.04. The van der Waals surface area contributed by atoms with E-state index in [0.29, 0.717) is 12.0 Å². The summed E-state index contributed by atoms with van der Waals surface area (Å²) in [6.45, 7) is 2.46. The normalized spacial score (nSPS) is 19.3. The SMILES string of the molecule is O=C1c2cc(OC(F)(F)F)ccc2CC12CCN(Cc1ccccc1)CC2. The van der Waals surface area contributed by atoms with Crippen molar-refractivity contribution in [1.29, 1.82) is 0 Å². The van der Waals surface area contributed by atoms with Crippen LogP contribution in [0.15, 0.2) is 48.5 Å². The average molecular weight is 375 g/mol. The second-order valence-electron chi connectivity index (χ2n) is 7.41. The van der Waals surface area contributed by atoms with Gasteiger partial charge in [-0.2, -0.15) is 0 Å². The van der Waals surface area contributed by atoms with E-state index in [1.54, 1.807) is 6.07 Å². The highest BCUT2D eigenvalue weighted by Crippen LogP contribution is 2.45. The second kappa shape index (κ2) is 6.68. The number of likely N-dealkylation sites (tertiary alicyclic amines) is 1. The van der Waals surface area contributed by atoms with E-state index in [2.05, 4.69) is 21.8 Å². The second-order valence-corrected chi connectivity index (χ2v) is 7.41. The summed E-state index contributed by atoms with van der Waals surface area (Å²) in [6, 6.07) is 14.3. The molecule has 6 heteroatoms. The van der Waals surface area contributed by atoms with Crippen LogP contribution in [-0.2, 0) is 13.0 Å². The fourth-order valence-electron chi connectivity index (χ4n) is 4.23. The third kappa shape index (κ3) is 3.72. The molecule has 1 heterocycles. The number of halogens is 3. The average Bonchev–Trinajstić information content (AvgIpc) is 2.89. The Morgan fingerprint density at radius 3 is 2.41 bits per heavy atom. The Labute approximate surface area is 155 Å². The summed E-state index contributed by atoms with van der Waals surface area (Å²) in [6.07, 6.45) is -2.70. The molecule has 4 rings (SSSR count). The molecular formula is C21H20F3NO2. The molecule has 0 amide bonds. The maximum absolute atomic E-state index is 13.0. The van der Waals surface area contributed by atoms with Crippen molar-refractivity contribution in [1.82, 2.24) is 4.90 Å². The maximum Gasteiger partial charge on any atom is 0.573 e. The van der Waals surface area contributed by atoms with Crippen molar-refractivity contribution in [3.05, 3.63) is 65.2 Å². The van der Waals surface area contributed by atoms with Crippen LogP contribution in [0.5, 0.6) is 5.75 Å². The highest BCUT2D eigenvalue weighted by Gasteiger charge is 2.47. The molecule has 27 heavy (non-hydrogen) atoms. The van der Waals surface area contributed by atoms with Crippen molar-refractivity contribution in [2.45, 2.75) is 32.2 Å². The van der Waals surface area contributed by atoms with E-state index in [1.165, 1.54) is 17.7 Å². The number of carbonyl (C=O) groups is 1. The van der Waals surface area contributed by atoms with Crippen LogP contribution in [0.4, 0.5) is 13.2 Å². The van der Waals surface area contributed by atoms with Gasteiger partial charge in [0.25, 0.3) is 0 Å². The molecule has 0 atom stereocenters. The summed E-state index contributed by atoms with van der Waals surface area (Å²) in [4.78, 5) is 15.3. The molecule has 1 saturated heterocycles. The van der Waals surface area contributed by atoms with Gasteiger partial charge < -0.3 is 4.74 Å². The van der Waals surface area contributed by atoms with Gasteiger partial charge in [0, 0.05) is 17.5 Å². The van der Waals surface area contributed by atoms with Gasteiger partial charge >= 0.3 is 6.36 Å². The molecule has 2 aromatic rings. The first kappa shape index (κ1) is 18.0. The number of hydrogen-bond donors (Lipinski definition) is 0. The summed E-state index contributed by atoms with van der Waals surface area (Å²) in [5, 5.41) is 0. The molecule has 0 N–H and O–H groups in total. The molecule has 2 aromatic carbocycles. The third-order valence-electron chi connectivity index (χ3n) is 5.63. The zero-order chi connectivity index (χ0) is 19.1. The molecule has 0 bridgehead atoms. The monoisotopic (exact) mass is 375 g/mol. The van der Waals surface area contributed by atoms with E-state index in [9.17, 15) is 18.0 Å². The minimum absolute atomic E-state index is 0.0375.